The smallest absolute Gasteiger partial charge is 0.255 e. The number of H-pyrrole nitrogens is 1. The van der Waals surface area contributed by atoms with Gasteiger partial charge in [-0.15, -0.1) is 10.2 Å². The van der Waals surface area contributed by atoms with Gasteiger partial charge in [-0.3, -0.25) is 9.59 Å². The molecule has 2 aromatic heterocycles. The van der Waals surface area contributed by atoms with E-state index in [1.165, 1.54) is 6.07 Å². The second-order valence-electron chi connectivity index (χ2n) is 6.97. The van der Waals surface area contributed by atoms with Gasteiger partial charge in [0.1, 0.15) is 6.61 Å². The van der Waals surface area contributed by atoms with Gasteiger partial charge in [0, 0.05) is 30.6 Å². The lowest BCUT2D eigenvalue weighted by Gasteiger charge is -2.32. The van der Waals surface area contributed by atoms with Gasteiger partial charge in [0.25, 0.3) is 5.91 Å². The molecular formula is C19H21N5O3. The van der Waals surface area contributed by atoms with Gasteiger partial charge in [0.05, 0.1) is 18.2 Å². The number of fused-ring (bicyclic) bond motifs is 2. The summed E-state index contributed by atoms with van der Waals surface area (Å²) in [5.41, 5.74) is 1.81. The van der Waals surface area contributed by atoms with Gasteiger partial charge in [-0.1, -0.05) is 11.6 Å². The average Bonchev–Trinajstić information content (AvgIpc) is 3.04. The van der Waals surface area contributed by atoms with E-state index in [0.717, 1.165) is 22.6 Å². The molecule has 0 unspecified atom stereocenters. The number of methoxy groups -OCH3 is 1. The number of aryl methyl sites for hydroxylation is 1. The standard InChI is InChI=1S/C19H21N5O3/c1-11-4-5-15-13(6-11)14(7-18(25)20-15)19(26)23-8-12(2)24-16(9-23)21-22-17(24)10-27-3/h4-7,12H,8-10H2,1-3H3,(H,20,25)/t12-/m0/s1. The monoisotopic (exact) mass is 367 g/mol. The topological polar surface area (TPSA) is 93.1 Å². The number of hydrogen-bond donors (Lipinski definition) is 1. The van der Waals surface area contributed by atoms with E-state index in [2.05, 4.69) is 15.2 Å². The highest BCUT2D eigenvalue weighted by molar-refractivity contribution is 6.06. The molecule has 0 saturated heterocycles. The third-order valence-corrected chi connectivity index (χ3v) is 4.88. The Kier molecular flexibility index (Phi) is 4.27. The van der Waals surface area contributed by atoms with Gasteiger partial charge in [0.15, 0.2) is 11.6 Å². The van der Waals surface area contributed by atoms with Crippen molar-refractivity contribution in [2.75, 3.05) is 13.7 Å². The molecule has 0 fully saturated rings. The first kappa shape index (κ1) is 17.4. The summed E-state index contributed by atoms with van der Waals surface area (Å²) >= 11 is 0. The van der Waals surface area contributed by atoms with Gasteiger partial charge in [-0.25, -0.2) is 0 Å². The van der Waals surface area contributed by atoms with E-state index in [-0.39, 0.29) is 17.5 Å². The molecule has 0 spiro atoms. The van der Waals surface area contributed by atoms with Crippen LogP contribution >= 0.6 is 0 Å². The molecule has 140 valence electrons. The quantitative estimate of drug-likeness (QED) is 0.762. The zero-order valence-corrected chi connectivity index (χ0v) is 15.5. The highest BCUT2D eigenvalue weighted by Gasteiger charge is 2.30. The van der Waals surface area contributed by atoms with E-state index in [1.807, 2.05) is 36.6 Å². The van der Waals surface area contributed by atoms with Crippen molar-refractivity contribution in [3.63, 3.8) is 0 Å². The predicted octanol–water partition coefficient (Wildman–Crippen LogP) is 1.79. The normalized spacial score (nSPS) is 16.6. The van der Waals surface area contributed by atoms with Crippen LogP contribution in [0.2, 0.25) is 0 Å². The van der Waals surface area contributed by atoms with Crippen LogP contribution in [0.25, 0.3) is 10.9 Å². The highest BCUT2D eigenvalue weighted by atomic mass is 16.5. The maximum absolute atomic E-state index is 13.3. The van der Waals surface area contributed by atoms with Crippen molar-refractivity contribution in [1.29, 1.82) is 0 Å². The molecule has 3 heterocycles. The first-order valence-corrected chi connectivity index (χ1v) is 8.82. The van der Waals surface area contributed by atoms with Crippen LogP contribution in [0.5, 0.6) is 0 Å². The molecule has 0 saturated carbocycles. The largest absolute Gasteiger partial charge is 0.377 e. The van der Waals surface area contributed by atoms with E-state index in [9.17, 15) is 9.59 Å². The van der Waals surface area contributed by atoms with Crippen molar-refractivity contribution in [2.45, 2.75) is 33.0 Å². The van der Waals surface area contributed by atoms with E-state index in [1.54, 1.807) is 12.0 Å². The van der Waals surface area contributed by atoms with Crippen LogP contribution < -0.4 is 5.56 Å². The molecule has 1 aliphatic rings. The number of aromatic amines is 1. The molecule has 1 aromatic carbocycles. The lowest BCUT2D eigenvalue weighted by Crippen LogP contribution is -2.41. The minimum Gasteiger partial charge on any atom is -0.377 e. The molecule has 4 rings (SSSR count). The first-order chi connectivity index (χ1) is 13.0. The van der Waals surface area contributed by atoms with E-state index in [4.69, 9.17) is 4.74 Å². The number of ether oxygens (including phenoxy) is 1. The Balaban J connectivity index is 1.73. The second kappa shape index (κ2) is 6.62. The lowest BCUT2D eigenvalue weighted by molar-refractivity contribution is 0.0677. The molecule has 1 amide bonds. The summed E-state index contributed by atoms with van der Waals surface area (Å²) in [5.74, 6) is 1.30. The second-order valence-corrected chi connectivity index (χ2v) is 6.97. The lowest BCUT2D eigenvalue weighted by atomic mass is 10.0. The third kappa shape index (κ3) is 3.02. The number of nitrogens with one attached hydrogen (secondary N) is 1. The van der Waals surface area contributed by atoms with Gasteiger partial charge >= 0.3 is 0 Å². The van der Waals surface area contributed by atoms with Crippen LogP contribution in [0.3, 0.4) is 0 Å². The number of carbonyl (C=O) groups excluding carboxylic acids is 1. The third-order valence-electron chi connectivity index (χ3n) is 4.88. The number of hydrogen-bond acceptors (Lipinski definition) is 5. The highest BCUT2D eigenvalue weighted by Crippen LogP contribution is 2.25. The van der Waals surface area contributed by atoms with Gasteiger partial charge < -0.3 is 19.2 Å². The van der Waals surface area contributed by atoms with Crippen LogP contribution in [0.4, 0.5) is 0 Å². The number of carbonyl (C=O) groups is 1. The number of rotatable bonds is 3. The van der Waals surface area contributed by atoms with Crippen LogP contribution in [-0.4, -0.2) is 44.2 Å². The summed E-state index contributed by atoms with van der Waals surface area (Å²) in [6.45, 7) is 5.22. The van der Waals surface area contributed by atoms with Crippen LogP contribution in [0, 0.1) is 6.92 Å². The molecule has 1 aliphatic heterocycles. The molecule has 0 aliphatic carbocycles. The number of amides is 1. The molecule has 1 atom stereocenters. The maximum atomic E-state index is 13.3. The summed E-state index contributed by atoms with van der Waals surface area (Å²) in [7, 11) is 1.62. The number of aromatic nitrogens is 4. The zero-order chi connectivity index (χ0) is 19.1. The minimum absolute atomic E-state index is 0.0212. The summed E-state index contributed by atoms with van der Waals surface area (Å²) < 4.78 is 7.20. The number of pyridine rings is 1. The van der Waals surface area contributed by atoms with E-state index in [0.29, 0.717) is 30.8 Å². The van der Waals surface area contributed by atoms with Crippen molar-refractivity contribution in [2.24, 2.45) is 0 Å². The van der Waals surface area contributed by atoms with E-state index >= 15 is 0 Å². The van der Waals surface area contributed by atoms with E-state index < -0.39 is 0 Å². The Labute approximate surface area is 155 Å². The van der Waals surface area contributed by atoms with Crippen molar-refractivity contribution in [3.8, 4) is 0 Å². The predicted molar refractivity (Wildman–Crippen MR) is 99.5 cm³/mol. The summed E-state index contributed by atoms with van der Waals surface area (Å²) in [6, 6.07) is 7.06. The SMILES string of the molecule is COCc1nnc2n1[C@@H](C)CN(C(=O)c1cc(=O)[nH]c3ccc(C)cc13)C2. The van der Waals surface area contributed by atoms with Gasteiger partial charge in [0.2, 0.25) is 5.56 Å². The molecule has 3 aromatic rings. The Morgan fingerprint density at radius 1 is 1.33 bits per heavy atom. The molecule has 0 radical (unpaired) electrons. The Hall–Kier alpha value is -3.00. The molecule has 0 bridgehead atoms. The number of benzene rings is 1. The number of nitrogens with zero attached hydrogens (tertiary/aromatic N) is 4. The summed E-state index contributed by atoms with van der Waals surface area (Å²) in [5, 5.41) is 9.14. The Bertz CT molecular complexity index is 1080. The molecular weight excluding hydrogens is 346 g/mol. The fourth-order valence-corrected chi connectivity index (χ4v) is 3.71. The van der Waals surface area contributed by atoms with Crippen molar-refractivity contribution in [3.05, 3.63) is 57.4 Å². The molecule has 8 nitrogen and oxygen atoms in total. The summed E-state index contributed by atoms with van der Waals surface area (Å²) in [4.78, 5) is 29.8. The first-order valence-electron chi connectivity index (χ1n) is 8.82. The van der Waals surface area contributed by atoms with Gasteiger partial charge in [-0.05, 0) is 26.0 Å². The fraction of sp³-hybridized carbons (Fsp3) is 0.368. The van der Waals surface area contributed by atoms with Crippen molar-refractivity contribution in [1.82, 2.24) is 24.6 Å². The van der Waals surface area contributed by atoms with Crippen LogP contribution in [-0.2, 0) is 17.9 Å². The molecule has 8 heteroatoms. The summed E-state index contributed by atoms with van der Waals surface area (Å²) in [6.07, 6.45) is 0. The van der Waals surface area contributed by atoms with Crippen molar-refractivity contribution >= 4 is 16.8 Å². The van der Waals surface area contributed by atoms with Crippen LogP contribution in [0.15, 0.2) is 29.1 Å². The minimum atomic E-state index is -0.287. The Morgan fingerprint density at radius 3 is 2.93 bits per heavy atom. The maximum Gasteiger partial charge on any atom is 0.255 e. The average molecular weight is 367 g/mol. The Morgan fingerprint density at radius 2 is 2.15 bits per heavy atom. The molecule has 1 N–H and O–H groups in total. The fourth-order valence-electron chi connectivity index (χ4n) is 3.71. The van der Waals surface area contributed by atoms with Crippen molar-refractivity contribution < 1.29 is 9.53 Å². The van der Waals surface area contributed by atoms with Crippen LogP contribution in [0.1, 0.15) is 40.5 Å². The zero-order valence-electron chi connectivity index (χ0n) is 15.5. The van der Waals surface area contributed by atoms with Gasteiger partial charge in [-0.2, -0.15) is 0 Å². The molecule has 27 heavy (non-hydrogen) atoms.